The van der Waals surface area contributed by atoms with Crippen LogP contribution >= 0.6 is 0 Å². The Bertz CT molecular complexity index is 1040. The molecule has 1 unspecified atom stereocenters. The Balaban J connectivity index is 1.43. The highest BCUT2D eigenvalue weighted by molar-refractivity contribution is 7.92. The first-order valence-electron chi connectivity index (χ1n) is 11.9. The number of benzene rings is 2. The molecule has 2 aliphatic carbocycles. The molecule has 0 heterocycles. The number of amides is 1. The second kappa shape index (κ2) is 9.26. The third kappa shape index (κ3) is 4.85. The Hall–Kier alpha value is -2.34. The molecule has 2 saturated carbocycles. The van der Waals surface area contributed by atoms with Crippen molar-refractivity contribution in [2.24, 2.45) is 0 Å². The lowest BCUT2D eigenvalue weighted by molar-refractivity contribution is -0.124. The van der Waals surface area contributed by atoms with E-state index in [1.807, 2.05) is 31.2 Å². The van der Waals surface area contributed by atoms with E-state index >= 15 is 0 Å². The van der Waals surface area contributed by atoms with Gasteiger partial charge in [-0.3, -0.25) is 9.52 Å². The quantitative estimate of drug-likeness (QED) is 0.554. The smallest absolute Gasteiger partial charge is 0.261 e. The van der Waals surface area contributed by atoms with Crippen molar-refractivity contribution in [2.45, 2.75) is 87.5 Å². The lowest BCUT2D eigenvalue weighted by Crippen LogP contribution is -2.39. The van der Waals surface area contributed by atoms with Gasteiger partial charge in [0.05, 0.1) is 10.3 Å². The molecule has 1 atom stereocenters. The molecule has 0 bridgehead atoms. The van der Waals surface area contributed by atoms with E-state index in [0.717, 1.165) is 24.8 Å². The molecule has 2 aliphatic rings. The fourth-order valence-electron chi connectivity index (χ4n) is 4.66. The summed E-state index contributed by atoms with van der Waals surface area (Å²) in [5, 5.41) is 3.08. The summed E-state index contributed by atoms with van der Waals surface area (Å²) in [6.07, 6.45) is 8.73. The second-order valence-corrected chi connectivity index (χ2v) is 11.1. The van der Waals surface area contributed by atoms with Crippen molar-refractivity contribution < 1.29 is 13.2 Å². The standard InChI is InChI=1S/C26H34N2O3S/c1-3-19(2)27-25(29)26(17-18-26)22-11-13-23(14-12-22)28-32(30,31)24-15-9-21(10-16-24)20-7-5-4-6-8-20/h9-16,19-20,28H,3-8,17-18H2,1-2H3,(H,27,29). The average molecular weight is 455 g/mol. The van der Waals surface area contributed by atoms with Gasteiger partial charge in [-0.15, -0.1) is 0 Å². The fraction of sp³-hybridized carbons (Fsp3) is 0.500. The molecule has 0 aliphatic heterocycles. The molecule has 0 aromatic heterocycles. The topological polar surface area (TPSA) is 75.3 Å². The van der Waals surface area contributed by atoms with Crippen LogP contribution in [-0.4, -0.2) is 20.4 Å². The van der Waals surface area contributed by atoms with E-state index in [0.29, 0.717) is 11.6 Å². The molecule has 4 rings (SSSR count). The molecule has 5 nitrogen and oxygen atoms in total. The van der Waals surface area contributed by atoms with Gasteiger partial charge in [0.25, 0.3) is 10.0 Å². The lowest BCUT2D eigenvalue weighted by atomic mass is 9.84. The summed E-state index contributed by atoms with van der Waals surface area (Å²) in [6.45, 7) is 4.06. The van der Waals surface area contributed by atoms with Crippen LogP contribution in [0.5, 0.6) is 0 Å². The number of nitrogens with one attached hydrogen (secondary N) is 2. The second-order valence-electron chi connectivity index (χ2n) is 9.45. The minimum atomic E-state index is -3.66. The molecule has 2 aromatic rings. The molecular weight excluding hydrogens is 420 g/mol. The van der Waals surface area contributed by atoms with E-state index in [1.54, 1.807) is 24.3 Å². The summed E-state index contributed by atoms with van der Waals surface area (Å²) in [4.78, 5) is 13.0. The molecule has 0 radical (unpaired) electrons. The summed E-state index contributed by atoms with van der Waals surface area (Å²) in [5.41, 5.74) is 2.22. The molecular formula is C26H34N2O3S. The minimum absolute atomic E-state index is 0.0678. The van der Waals surface area contributed by atoms with Crippen molar-refractivity contribution in [2.75, 3.05) is 4.72 Å². The Kier molecular flexibility index (Phi) is 6.61. The first kappa shape index (κ1) is 22.8. The lowest BCUT2D eigenvalue weighted by Gasteiger charge is -2.22. The van der Waals surface area contributed by atoms with Gasteiger partial charge in [0.2, 0.25) is 5.91 Å². The predicted octanol–water partition coefficient (Wildman–Crippen LogP) is 5.48. The highest BCUT2D eigenvalue weighted by Gasteiger charge is 2.51. The molecule has 0 spiro atoms. The van der Waals surface area contributed by atoms with Gasteiger partial charge in [0.15, 0.2) is 0 Å². The van der Waals surface area contributed by atoms with Crippen molar-refractivity contribution >= 4 is 21.6 Å². The van der Waals surface area contributed by atoms with E-state index in [-0.39, 0.29) is 16.8 Å². The number of hydrogen-bond donors (Lipinski definition) is 2. The van der Waals surface area contributed by atoms with Gasteiger partial charge in [-0.2, -0.15) is 0 Å². The number of carbonyl (C=O) groups excluding carboxylic acids is 1. The van der Waals surface area contributed by atoms with Crippen LogP contribution < -0.4 is 10.0 Å². The highest BCUT2D eigenvalue weighted by Crippen LogP contribution is 2.48. The maximum Gasteiger partial charge on any atom is 0.261 e. The maximum absolute atomic E-state index is 12.9. The van der Waals surface area contributed by atoms with Crippen molar-refractivity contribution in [3.05, 3.63) is 59.7 Å². The van der Waals surface area contributed by atoms with Crippen molar-refractivity contribution in [3.63, 3.8) is 0 Å². The van der Waals surface area contributed by atoms with Crippen molar-refractivity contribution in [1.29, 1.82) is 0 Å². The zero-order valence-corrected chi connectivity index (χ0v) is 19.9. The Labute approximate surface area is 192 Å². The van der Waals surface area contributed by atoms with Crippen LogP contribution in [0.1, 0.15) is 82.3 Å². The normalized spacial score (nSPS) is 19.2. The Morgan fingerprint density at radius 1 is 1.00 bits per heavy atom. The molecule has 1 amide bonds. The van der Waals surface area contributed by atoms with Gasteiger partial charge in [0.1, 0.15) is 0 Å². The monoisotopic (exact) mass is 454 g/mol. The van der Waals surface area contributed by atoms with E-state index in [9.17, 15) is 13.2 Å². The first-order valence-corrected chi connectivity index (χ1v) is 13.4. The van der Waals surface area contributed by atoms with Gasteiger partial charge < -0.3 is 5.32 Å². The number of carbonyl (C=O) groups is 1. The number of sulfonamides is 1. The summed E-state index contributed by atoms with van der Waals surface area (Å²) >= 11 is 0. The van der Waals surface area contributed by atoms with Crippen molar-refractivity contribution in [3.8, 4) is 0 Å². The zero-order chi connectivity index (χ0) is 22.8. The van der Waals surface area contributed by atoms with E-state index in [1.165, 1.54) is 37.7 Å². The predicted molar refractivity (Wildman–Crippen MR) is 128 cm³/mol. The summed E-state index contributed by atoms with van der Waals surface area (Å²) in [5.74, 6) is 0.617. The van der Waals surface area contributed by atoms with E-state index in [4.69, 9.17) is 0 Å². The SMILES string of the molecule is CCC(C)NC(=O)C1(c2ccc(NS(=O)(=O)c3ccc(C4CCCCC4)cc3)cc2)CC1. The van der Waals surface area contributed by atoms with Crippen LogP contribution in [0.4, 0.5) is 5.69 Å². The van der Waals surface area contributed by atoms with Crippen LogP contribution in [0, 0.1) is 0 Å². The number of rotatable bonds is 8. The van der Waals surface area contributed by atoms with Gasteiger partial charge >= 0.3 is 0 Å². The molecule has 0 saturated heterocycles. The maximum atomic E-state index is 12.9. The molecule has 2 N–H and O–H groups in total. The van der Waals surface area contributed by atoms with Gasteiger partial charge in [-0.25, -0.2) is 8.42 Å². The van der Waals surface area contributed by atoms with E-state index in [2.05, 4.69) is 17.0 Å². The van der Waals surface area contributed by atoms with Crippen LogP contribution in [0.2, 0.25) is 0 Å². The highest BCUT2D eigenvalue weighted by atomic mass is 32.2. The third-order valence-electron chi connectivity index (χ3n) is 7.13. The Morgan fingerprint density at radius 3 is 2.19 bits per heavy atom. The molecule has 2 fully saturated rings. The van der Waals surface area contributed by atoms with Crippen LogP contribution in [0.25, 0.3) is 0 Å². The zero-order valence-electron chi connectivity index (χ0n) is 19.1. The van der Waals surface area contributed by atoms with Crippen LogP contribution in [-0.2, 0) is 20.2 Å². The number of anilines is 1. The molecule has 6 heteroatoms. The largest absolute Gasteiger partial charge is 0.353 e. The Morgan fingerprint density at radius 2 is 1.62 bits per heavy atom. The molecule has 2 aromatic carbocycles. The van der Waals surface area contributed by atoms with Gasteiger partial charge in [0, 0.05) is 11.7 Å². The third-order valence-corrected chi connectivity index (χ3v) is 8.53. The molecule has 32 heavy (non-hydrogen) atoms. The fourth-order valence-corrected chi connectivity index (χ4v) is 5.72. The summed E-state index contributed by atoms with van der Waals surface area (Å²) in [6, 6.07) is 14.7. The first-order chi connectivity index (χ1) is 15.3. The van der Waals surface area contributed by atoms with Gasteiger partial charge in [-0.1, -0.05) is 50.5 Å². The van der Waals surface area contributed by atoms with E-state index < -0.39 is 15.4 Å². The van der Waals surface area contributed by atoms with Crippen LogP contribution in [0.3, 0.4) is 0 Å². The average Bonchev–Trinajstić information content (AvgIpc) is 3.62. The summed E-state index contributed by atoms with van der Waals surface area (Å²) < 4.78 is 28.4. The van der Waals surface area contributed by atoms with Crippen LogP contribution in [0.15, 0.2) is 53.4 Å². The summed E-state index contributed by atoms with van der Waals surface area (Å²) in [7, 11) is -3.66. The number of hydrogen-bond acceptors (Lipinski definition) is 3. The minimum Gasteiger partial charge on any atom is -0.353 e. The van der Waals surface area contributed by atoms with Gasteiger partial charge in [-0.05, 0) is 80.3 Å². The van der Waals surface area contributed by atoms with Crippen molar-refractivity contribution in [1.82, 2.24) is 5.32 Å². The molecule has 172 valence electrons.